The maximum atomic E-state index is 12.5. The van der Waals surface area contributed by atoms with Gasteiger partial charge in [0.2, 0.25) is 5.91 Å². The van der Waals surface area contributed by atoms with Crippen molar-refractivity contribution in [3.8, 4) is 0 Å². The number of nitro groups is 1. The number of non-ortho nitro benzene ring substituents is 1. The Morgan fingerprint density at radius 2 is 2.04 bits per heavy atom. The largest absolute Gasteiger partial charge is 0.478 e. The Morgan fingerprint density at radius 3 is 2.63 bits per heavy atom. The zero-order valence-electron chi connectivity index (χ0n) is 14.9. The summed E-state index contributed by atoms with van der Waals surface area (Å²) in [6, 6.07) is 6.16. The summed E-state index contributed by atoms with van der Waals surface area (Å²) < 4.78 is 1.73. The minimum atomic E-state index is -0.997. The number of carboxylic acids is 1. The van der Waals surface area contributed by atoms with Crippen molar-refractivity contribution >= 4 is 17.6 Å². The van der Waals surface area contributed by atoms with Crippen molar-refractivity contribution in [2.24, 2.45) is 0 Å². The number of nitro benzene ring substituents is 1. The number of aromatic carboxylic acids is 1. The summed E-state index contributed by atoms with van der Waals surface area (Å²) in [7, 11) is 0. The first-order valence-electron chi connectivity index (χ1n) is 8.65. The van der Waals surface area contributed by atoms with E-state index in [0.717, 1.165) is 0 Å². The lowest BCUT2D eigenvalue weighted by Crippen LogP contribution is -2.40. The molecule has 9 heteroatoms. The highest BCUT2D eigenvalue weighted by molar-refractivity contribution is 5.88. The van der Waals surface area contributed by atoms with Crippen LogP contribution in [-0.4, -0.2) is 49.7 Å². The number of carboxylic acid groups (broad SMARTS) is 1. The molecule has 1 saturated heterocycles. The molecule has 1 aromatic heterocycles. The maximum Gasteiger partial charge on any atom is 0.339 e. The van der Waals surface area contributed by atoms with Gasteiger partial charge in [-0.05, 0) is 25.3 Å². The minimum absolute atomic E-state index is 0.0256. The van der Waals surface area contributed by atoms with Gasteiger partial charge in [0.05, 0.1) is 29.3 Å². The molecule has 0 aliphatic carbocycles. The van der Waals surface area contributed by atoms with E-state index in [1.165, 1.54) is 18.3 Å². The number of rotatable bonds is 5. The molecule has 1 aliphatic heterocycles. The average Bonchev–Trinajstić information content (AvgIpc) is 3.03. The second kappa shape index (κ2) is 7.56. The molecule has 1 aromatic carbocycles. The van der Waals surface area contributed by atoms with Crippen LogP contribution in [0.4, 0.5) is 5.69 Å². The number of carbonyl (C=O) groups excluding carboxylic acids is 1. The average molecular weight is 372 g/mol. The molecular weight excluding hydrogens is 352 g/mol. The smallest absolute Gasteiger partial charge is 0.339 e. The molecule has 0 unspecified atom stereocenters. The normalized spacial score (nSPS) is 14.9. The predicted octanol–water partition coefficient (Wildman–Crippen LogP) is 2.20. The Kier molecular flexibility index (Phi) is 5.20. The number of hydrogen-bond donors (Lipinski definition) is 1. The molecule has 0 saturated carbocycles. The summed E-state index contributed by atoms with van der Waals surface area (Å²) in [5.74, 6) is -1.07. The number of benzene rings is 1. The van der Waals surface area contributed by atoms with Gasteiger partial charge in [-0.15, -0.1) is 0 Å². The first-order valence-corrected chi connectivity index (χ1v) is 8.65. The first-order chi connectivity index (χ1) is 12.9. The van der Waals surface area contributed by atoms with Crippen LogP contribution >= 0.6 is 0 Å². The fourth-order valence-corrected chi connectivity index (χ4v) is 3.43. The van der Waals surface area contributed by atoms with E-state index < -0.39 is 10.9 Å². The number of amides is 1. The first kappa shape index (κ1) is 18.6. The van der Waals surface area contributed by atoms with Gasteiger partial charge in [0.25, 0.3) is 5.69 Å². The summed E-state index contributed by atoms with van der Waals surface area (Å²) in [5.41, 5.74) is 1.40. The highest BCUT2D eigenvalue weighted by Gasteiger charge is 2.26. The summed E-state index contributed by atoms with van der Waals surface area (Å²) in [4.78, 5) is 35.8. The van der Waals surface area contributed by atoms with Crippen LogP contribution in [0.1, 0.15) is 40.5 Å². The molecular formula is C18H20N4O5. The van der Waals surface area contributed by atoms with E-state index in [1.54, 1.807) is 28.6 Å². The number of piperidine rings is 1. The van der Waals surface area contributed by atoms with E-state index in [1.807, 2.05) is 0 Å². The van der Waals surface area contributed by atoms with Crippen molar-refractivity contribution in [1.82, 2.24) is 14.7 Å². The number of carbonyl (C=O) groups is 2. The van der Waals surface area contributed by atoms with Gasteiger partial charge in [-0.3, -0.25) is 19.6 Å². The lowest BCUT2D eigenvalue weighted by Gasteiger charge is -2.32. The molecule has 0 atom stereocenters. The minimum Gasteiger partial charge on any atom is -0.478 e. The molecule has 0 radical (unpaired) electrons. The van der Waals surface area contributed by atoms with Crippen LogP contribution in [-0.2, 0) is 11.2 Å². The third-order valence-electron chi connectivity index (χ3n) is 4.91. The molecule has 3 rings (SSSR count). The molecule has 0 spiro atoms. The summed E-state index contributed by atoms with van der Waals surface area (Å²) in [6.45, 7) is 2.82. The standard InChI is InChI=1S/C18H20N4O5/c1-12-16(18(24)25)11-19-21(12)14-5-7-20(8-6-14)17(23)10-13-3-2-4-15(9-13)22(26)27/h2-4,9,11,14H,5-8,10H2,1H3,(H,24,25). The lowest BCUT2D eigenvalue weighted by molar-refractivity contribution is -0.384. The van der Waals surface area contributed by atoms with Gasteiger partial charge in [-0.1, -0.05) is 12.1 Å². The SMILES string of the molecule is Cc1c(C(=O)O)cnn1C1CCN(C(=O)Cc2cccc([N+](=O)[O-])c2)CC1. The molecule has 1 N–H and O–H groups in total. The number of nitrogens with zero attached hydrogens (tertiary/aromatic N) is 4. The van der Waals surface area contributed by atoms with Crippen molar-refractivity contribution in [3.63, 3.8) is 0 Å². The third kappa shape index (κ3) is 3.97. The fraction of sp³-hybridized carbons (Fsp3) is 0.389. The van der Waals surface area contributed by atoms with Crippen molar-refractivity contribution in [2.45, 2.75) is 32.2 Å². The van der Waals surface area contributed by atoms with E-state index in [2.05, 4.69) is 5.10 Å². The van der Waals surface area contributed by atoms with Crippen LogP contribution in [0, 0.1) is 17.0 Å². The molecule has 2 heterocycles. The van der Waals surface area contributed by atoms with Gasteiger partial charge >= 0.3 is 5.97 Å². The number of likely N-dealkylation sites (tertiary alicyclic amines) is 1. The summed E-state index contributed by atoms with van der Waals surface area (Å²) in [6.07, 6.45) is 2.85. The van der Waals surface area contributed by atoms with Crippen LogP contribution in [0.5, 0.6) is 0 Å². The Balaban J connectivity index is 1.60. The molecule has 1 fully saturated rings. The molecule has 0 bridgehead atoms. The van der Waals surface area contributed by atoms with Crippen molar-refractivity contribution < 1.29 is 19.6 Å². The van der Waals surface area contributed by atoms with Crippen molar-refractivity contribution in [1.29, 1.82) is 0 Å². The molecule has 1 amide bonds. The van der Waals surface area contributed by atoms with Crippen molar-refractivity contribution in [3.05, 3.63) is 57.4 Å². The Hall–Kier alpha value is -3.23. The quantitative estimate of drug-likeness (QED) is 0.635. The highest BCUT2D eigenvalue weighted by atomic mass is 16.6. The lowest BCUT2D eigenvalue weighted by atomic mass is 10.0. The van der Waals surface area contributed by atoms with E-state index in [4.69, 9.17) is 5.11 Å². The van der Waals surface area contributed by atoms with Gasteiger partial charge < -0.3 is 10.0 Å². The maximum absolute atomic E-state index is 12.5. The van der Waals surface area contributed by atoms with E-state index in [-0.39, 0.29) is 29.6 Å². The monoisotopic (exact) mass is 372 g/mol. The van der Waals surface area contributed by atoms with E-state index in [0.29, 0.717) is 37.2 Å². The number of aromatic nitrogens is 2. The fourth-order valence-electron chi connectivity index (χ4n) is 3.43. The molecule has 2 aromatic rings. The summed E-state index contributed by atoms with van der Waals surface area (Å²) in [5, 5.41) is 24.2. The molecule has 142 valence electrons. The van der Waals surface area contributed by atoms with Gasteiger partial charge in [0.15, 0.2) is 0 Å². The molecule has 1 aliphatic rings. The third-order valence-corrected chi connectivity index (χ3v) is 4.91. The zero-order valence-corrected chi connectivity index (χ0v) is 14.9. The zero-order chi connectivity index (χ0) is 19.6. The summed E-state index contributed by atoms with van der Waals surface area (Å²) >= 11 is 0. The highest BCUT2D eigenvalue weighted by Crippen LogP contribution is 2.25. The van der Waals surface area contributed by atoms with E-state index >= 15 is 0 Å². The topological polar surface area (TPSA) is 119 Å². The van der Waals surface area contributed by atoms with Crippen LogP contribution in [0.25, 0.3) is 0 Å². The van der Waals surface area contributed by atoms with E-state index in [9.17, 15) is 19.7 Å². The van der Waals surface area contributed by atoms with Crippen LogP contribution in [0.15, 0.2) is 30.5 Å². The Labute approximate surface area is 155 Å². The predicted molar refractivity (Wildman–Crippen MR) is 95.6 cm³/mol. The van der Waals surface area contributed by atoms with Gasteiger partial charge in [-0.2, -0.15) is 5.10 Å². The van der Waals surface area contributed by atoms with Crippen LogP contribution in [0.3, 0.4) is 0 Å². The van der Waals surface area contributed by atoms with Gasteiger partial charge in [0, 0.05) is 25.2 Å². The Morgan fingerprint density at radius 1 is 1.33 bits per heavy atom. The van der Waals surface area contributed by atoms with Crippen molar-refractivity contribution in [2.75, 3.05) is 13.1 Å². The number of hydrogen-bond acceptors (Lipinski definition) is 5. The van der Waals surface area contributed by atoms with Crippen LogP contribution < -0.4 is 0 Å². The van der Waals surface area contributed by atoms with Crippen LogP contribution in [0.2, 0.25) is 0 Å². The van der Waals surface area contributed by atoms with Gasteiger partial charge in [-0.25, -0.2) is 4.79 Å². The second-order valence-electron chi connectivity index (χ2n) is 6.61. The molecule has 27 heavy (non-hydrogen) atoms. The Bertz CT molecular complexity index is 884. The van der Waals surface area contributed by atoms with Gasteiger partial charge in [0.1, 0.15) is 5.56 Å². The second-order valence-corrected chi connectivity index (χ2v) is 6.61. The molecule has 9 nitrogen and oxygen atoms in total.